The second-order valence-electron chi connectivity index (χ2n) is 6.93. The molecular weight excluding hydrogens is 290 g/mol. The molecule has 0 amide bonds. The summed E-state index contributed by atoms with van der Waals surface area (Å²) in [7, 11) is 0. The molecule has 4 heteroatoms. The van der Waals surface area contributed by atoms with Crippen LogP contribution in [0.2, 0.25) is 0 Å². The summed E-state index contributed by atoms with van der Waals surface area (Å²) in [6.45, 7) is 10.8. The largest absolute Gasteiger partial charge is 0.481 e. The Morgan fingerprint density at radius 3 is 2.17 bits per heavy atom. The van der Waals surface area contributed by atoms with Crippen LogP contribution in [0.25, 0.3) is 0 Å². The van der Waals surface area contributed by atoms with Gasteiger partial charge in [-0.2, -0.15) is 0 Å². The van der Waals surface area contributed by atoms with Crippen molar-refractivity contribution in [2.75, 3.05) is 19.6 Å². The van der Waals surface area contributed by atoms with Gasteiger partial charge in [-0.05, 0) is 87.9 Å². The van der Waals surface area contributed by atoms with Crippen molar-refractivity contribution in [2.24, 2.45) is 5.92 Å². The fraction of sp³-hybridized carbons (Fsp3) is 0.632. The van der Waals surface area contributed by atoms with Crippen LogP contribution in [0.5, 0.6) is 0 Å². The summed E-state index contributed by atoms with van der Waals surface area (Å²) in [5, 5.41) is 19.7. The summed E-state index contributed by atoms with van der Waals surface area (Å²) >= 11 is 0. The monoisotopic (exact) mass is 319 g/mol. The second-order valence-corrected chi connectivity index (χ2v) is 6.93. The van der Waals surface area contributed by atoms with Gasteiger partial charge in [0.1, 0.15) is 0 Å². The van der Waals surface area contributed by atoms with Gasteiger partial charge < -0.3 is 15.1 Å². The van der Waals surface area contributed by atoms with Gasteiger partial charge in [0.2, 0.25) is 0 Å². The first-order valence-electron chi connectivity index (χ1n) is 8.51. The first-order chi connectivity index (χ1) is 10.8. The van der Waals surface area contributed by atoms with Gasteiger partial charge in [0.05, 0.1) is 12.0 Å². The van der Waals surface area contributed by atoms with E-state index in [1.165, 1.54) is 22.3 Å². The molecule has 1 fully saturated rings. The van der Waals surface area contributed by atoms with Crippen molar-refractivity contribution in [3.05, 3.63) is 33.9 Å². The minimum atomic E-state index is -0.675. The Labute approximate surface area is 139 Å². The maximum atomic E-state index is 11.0. The first-order valence-corrected chi connectivity index (χ1v) is 8.51. The number of aryl methyl sites for hydroxylation is 2. The van der Waals surface area contributed by atoms with Gasteiger partial charge in [-0.1, -0.05) is 6.07 Å². The van der Waals surface area contributed by atoms with Crippen LogP contribution in [0.4, 0.5) is 0 Å². The van der Waals surface area contributed by atoms with E-state index in [0.717, 1.165) is 25.2 Å². The van der Waals surface area contributed by atoms with Gasteiger partial charge >= 0.3 is 5.97 Å². The van der Waals surface area contributed by atoms with Crippen LogP contribution in [0.3, 0.4) is 0 Å². The smallest absolute Gasteiger partial charge is 0.306 e. The summed E-state index contributed by atoms with van der Waals surface area (Å²) < 4.78 is 0. The van der Waals surface area contributed by atoms with Crippen molar-refractivity contribution in [3.8, 4) is 0 Å². The average Bonchev–Trinajstić information content (AvgIpc) is 2.51. The summed E-state index contributed by atoms with van der Waals surface area (Å²) in [5.74, 6) is -0.869. The highest BCUT2D eigenvalue weighted by Gasteiger charge is 2.25. The molecule has 0 spiro atoms. The van der Waals surface area contributed by atoms with E-state index in [1.54, 1.807) is 0 Å². The third-order valence-corrected chi connectivity index (χ3v) is 5.41. The average molecular weight is 319 g/mol. The quantitative estimate of drug-likeness (QED) is 0.875. The van der Waals surface area contributed by atoms with E-state index in [0.29, 0.717) is 19.3 Å². The molecule has 4 nitrogen and oxygen atoms in total. The van der Waals surface area contributed by atoms with Crippen LogP contribution in [-0.4, -0.2) is 40.7 Å². The molecule has 1 aliphatic rings. The minimum absolute atomic E-state index is 0.194. The molecule has 0 radical (unpaired) electrons. The molecular formula is C19H29NO3. The molecule has 1 unspecified atom stereocenters. The highest BCUT2D eigenvalue weighted by molar-refractivity contribution is 5.70. The van der Waals surface area contributed by atoms with Gasteiger partial charge in [-0.15, -0.1) is 0 Å². The number of nitrogens with zero attached hydrogens (tertiary/aromatic N) is 1. The Morgan fingerprint density at radius 1 is 1.17 bits per heavy atom. The number of rotatable bonds is 5. The van der Waals surface area contributed by atoms with Crippen molar-refractivity contribution >= 4 is 5.97 Å². The third-order valence-electron chi connectivity index (χ3n) is 5.41. The standard InChI is InChI=1S/C19H29NO3/c1-12-11-13(2)15(4)18(14(12)3)17(21)7-10-20-8-5-16(6-9-20)19(22)23/h11,16-17,21H,5-10H2,1-4H3,(H,22,23). The summed E-state index contributed by atoms with van der Waals surface area (Å²) in [4.78, 5) is 13.3. The highest BCUT2D eigenvalue weighted by atomic mass is 16.4. The van der Waals surface area contributed by atoms with Gasteiger partial charge in [-0.3, -0.25) is 4.79 Å². The number of likely N-dealkylation sites (tertiary alicyclic amines) is 1. The van der Waals surface area contributed by atoms with Crippen molar-refractivity contribution < 1.29 is 15.0 Å². The molecule has 1 aliphatic heterocycles. The van der Waals surface area contributed by atoms with Gasteiger partial charge in [-0.25, -0.2) is 0 Å². The van der Waals surface area contributed by atoms with Crippen molar-refractivity contribution in [1.82, 2.24) is 4.90 Å². The lowest BCUT2D eigenvalue weighted by molar-refractivity contribution is -0.143. The summed E-state index contributed by atoms with van der Waals surface area (Å²) in [6, 6.07) is 2.18. The van der Waals surface area contributed by atoms with Gasteiger partial charge in [0, 0.05) is 6.54 Å². The molecule has 1 aromatic rings. The zero-order valence-corrected chi connectivity index (χ0v) is 14.7. The van der Waals surface area contributed by atoms with Crippen molar-refractivity contribution in [2.45, 2.75) is 53.1 Å². The SMILES string of the molecule is Cc1cc(C)c(C)c(C(O)CCN2CCC(C(=O)O)CC2)c1C. The number of aliphatic hydroxyl groups excluding tert-OH is 1. The number of carboxylic acid groups (broad SMARTS) is 1. The molecule has 1 heterocycles. The molecule has 128 valence electrons. The second kappa shape index (κ2) is 7.45. The number of carboxylic acids is 1. The molecule has 1 saturated heterocycles. The molecule has 23 heavy (non-hydrogen) atoms. The predicted octanol–water partition coefficient (Wildman–Crippen LogP) is 3.14. The number of benzene rings is 1. The minimum Gasteiger partial charge on any atom is -0.481 e. The lowest BCUT2D eigenvalue weighted by Crippen LogP contribution is -2.37. The molecule has 0 saturated carbocycles. The number of hydrogen-bond acceptors (Lipinski definition) is 3. The zero-order chi connectivity index (χ0) is 17.1. The van der Waals surface area contributed by atoms with E-state index in [2.05, 4.69) is 38.7 Å². The van der Waals surface area contributed by atoms with Crippen molar-refractivity contribution in [3.63, 3.8) is 0 Å². The summed E-state index contributed by atoms with van der Waals surface area (Å²) in [6.07, 6.45) is 1.67. The maximum absolute atomic E-state index is 11.0. The number of aliphatic hydroxyl groups is 1. The van der Waals surface area contributed by atoms with Crippen LogP contribution in [0, 0.1) is 33.6 Å². The molecule has 2 N–H and O–H groups in total. The van der Waals surface area contributed by atoms with Crippen LogP contribution >= 0.6 is 0 Å². The fourth-order valence-corrected chi connectivity index (χ4v) is 3.60. The van der Waals surface area contributed by atoms with Crippen LogP contribution in [0.15, 0.2) is 6.07 Å². The molecule has 1 atom stereocenters. The Kier molecular flexibility index (Phi) is 5.82. The molecule has 0 aliphatic carbocycles. The number of hydrogen-bond donors (Lipinski definition) is 2. The van der Waals surface area contributed by atoms with Crippen LogP contribution in [-0.2, 0) is 4.79 Å². The third kappa shape index (κ3) is 4.12. The predicted molar refractivity (Wildman–Crippen MR) is 91.8 cm³/mol. The maximum Gasteiger partial charge on any atom is 0.306 e. The Bertz CT molecular complexity index is 548. The van der Waals surface area contributed by atoms with Crippen molar-refractivity contribution in [1.29, 1.82) is 0 Å². The number of carbonyl (C=O) groups is 1. The van der Waals surface area contributed by atoms with E-state index in [4.69, 9.17) is 5.11 Å². The van der Waals surface area contributed by atoms with E-state index in [1.807, 2.05) is 0 Å². The summed E-state index contributed by atoms with van der Waals surface area (Å²) in [5.41, 5.74) is 5.90. The highest BCUT2D eigenvalue weighted by Crippen LogP contribution is 2.29. The molecule has 0 bridgehead atoms. The Balaban J connectivity index is 1.96. The molecule has 2 rings (SSSR count). The lowest BCUT2D eigenvalue weighted by Gasteiger charge is -2.31. The zero-order valence-electron chi connectivity index (χ0n) is 14.7. The first kappa shape index (κ1) is 18.0. The molecule has 0 aromatic heterocycles. The van der Waals surface area contributed by atoms with E-state index in [9.17, 15) is 9.90 Å². The van der Waals surface area contributed by atoms with Crippen LogP contribution < -0.4 is 0 Å². The van der Waals surface area contributed by atoms with E-state index >= 15 is 0 Å². The fourth-order valence-electron chi connectivity index (χ4n) is 3.60. The Hall–Kier alpha value is -1.39. The van der Waals surface area contributed by atoms with E-state index in [-0.39, 0.29) is 5.92 Å². The normalized spacial score (nSPS) is 18.1. The topological polar surface area (TPSA) is 60.8 Å². The van der Waals surface area contributed by atoms with Gasteiger partial charge in [0.15, 0.2) is 0 Å². The number of aliphatic carboxylic acids is 1. The van der Waals surface area contributed by atoms with Gasteiger partial charge in [0.25, 0.3) is 0 Å². The number of piperidine rings is 1. The Morgan fingerprint density at radius 2 is 1.70 bits per heavy atom. The molecule has 1 aromatic carbocycles. The van der Waals surface area contributed by atoms with Crippen LogP contribution in [0.1, 0.15) is 53.2 Å². The van der Waals surface area contributed by atoms with E-state index < -0.39 is 12.1 Å². The lowest BCUT2D eigenvalue weighted by atomic mass is 9.89.